The van der Waals surface area contributed by atoms with Crippen molar-refractivity contribution in [1.82, 2.24) is 5.16 Å². The first-order valence-corrected chi connectivity index (χ1v) is 6.35. The van der Waals surface area contributed by atoms with Crippen molar-refractivity contribution >= 4 is 39.3 Å². The van der Waals surface area contributed by atoms with E-state index < -0.39 is 0 Å². The first-order chi connectivity index (χ1) is 8.49. The number of hydrogen-bond donors (Lipinski definition) is 1. The van der Waals surface area contributed by atoms with E-state index in [4.69, 9.17) is 16.1 Å². The number of nitrogens with zero attached hydrogens (tertiary/aromatic N) is 1. The molecule has 0 bridgehead atoms. The van der Waals surface area contributed by atoms with Crippen LogP contribution in [0, 0.1) is 13.8 Å². The van der Waals surface area contributed by atoms with Gasteiger partial charge in [0.25, 0.3) is 5.91 Å². The van der Waals surface area contributed by atoms with E-state index in [0.717, 1.165) is 11.3 Å². The van der Waals surface area contributed by atoms with Gasteiger partial charge < -0.3 is 4.52 Å². The Morgan fingerprint density at radius 2 is 2.17 bits per heavy atom. The van der Waals surface area contributed by atoms with E-state index in [1.165, 1.54) is 0 Å². The Bertz CT molecular complexity index is 610. The smallest absolute Gasteiger partial charge is 0.259 e. The van der Waals surface area contributed by atoms with Gasteiger partial charge in [-0.05, 0) is 48.0 Å². The van der Waals surface area contributed by atoms with Gasteiger partial charge in [0.2, 0.25) is 5.88 Å². The Hall–Kier alpha value is -1.33. The van der Waals surface area contributed by atoms with E-state index >= 15 is 0 Å². The summed E-state index contributed by atoms with van der Waals surface area (Å²) in [5, 5.41) is 6.93. The van der Waals surface area contributed by atoms with Crippen LogP contribution in [0.15, 0.2) is 27.2 Å². The van der Waals surface area contributed by atoms with Gasteiger partial charge in [0, 0.05) is 15.1 Å². The minimum absolute atomic E-state index is 0.302. The molecule has 1 N–H and O–H groups in total. The molecule has 0 radical (unpaired) electrons. The number of benzene rings is 1. The van der Waals surface area contributed by atoms with Crippen molar-refractivity contribution in [2.24, 2.45) is 0 Å². The van der Waals surface area contributed by atoms with E-state index in [2.05, 4.69) is 26.4 Å². The minimum Gasteiger partial charge on any atom is -0.338 e. The number of hydrogen-bond acceptors (Lipinski definition) is 3. The fraction of sp³-hybridized carbons (Fsp3) is 0.167. The molecule has 1 heterocycles. The molecule has 0 saturated heterocycles. The summed E-state index contributed by atoms with van der Waals surface area (Å²) in [6.45, 7) is 3.64. The second-order valence-electron chi connectivity index (χ2n) is 3.80. The normalized spacial score (nSPS) is 10.4. The van der Waals surface area contributed by atoms with Crippen molar-refractivity contribution in [2.45, 2.75) is 13.8 Å². The molecule has 0 saturated carbocycles. The van der Waals surface area contributed by atoms with Gasteiger partial charge in [0.1, 0.15) is 0 Å². The molecule has 0 spiro atoms. The highest BCUT2D eigenvalue weighted by Crippen LogP contribution is 2.24. The third-order valence-corrected chi connectivity index (χ3v) is 3.48. The molecule has 0 unspecified atom stereocenters. The molecule has 2 rings (SSSR count). The number of nitrogens with one attached hydrogen (secondary N) is 1. The molecule has 6 heteroatoms. The number of carbonyl (C=O) groups excluding carboxylic acids is 1. The molecule has 0 fully saturated rings. The highest BCUT2D eigenvalue weighted by Gasteiger charge is 2.15. The minimum atomic E-state index is -0.302. The van der Waals surface area contributed by atoms with Crippen LogP contribution in [0.3, 0.4) is 0 Å². The number of rotatable bonds is 2. The molecule has 1 aromatic carbocycles. The van der Waals surface area contributed by atoms with E-state index in [9.17, 15) is 4.79 Å². The SMILES string of the molecule is Cc1noc(NC(=O)c2cc(Cl)ccc2Br)c1C. The van der Waals surface area contributed by atoms with Crippen molar-refractivity contribution in [3.63, 3.8) is 0 Å². The predicted molar refractivity (Wildman–Crippen MR) is 73.1 cm³/mol. The molecule has 1 amide bonds. The first-order valence-electron chi connectivity index (χ1n) is 5.18. The largest absolute Gasteiger partial charge is 0.338 e. The highest BCUT2D eigenvalue weighted by molar-refractivity contribution is 9.10. The van der Waals surface area contributed by atoms with Crippen LogP contribution in [0.25, 0.3) is 0 Å². The summed E-state index contributed by atoms with van der Waals surface area (Å²) in [6, 6.07) is 5.00. The van der Waals surface area contributed by atoms with Gasteiger partial charge in [-0.25, -0.2) is 0 Å². The molecule has 1 aromatic heterocycles. The molecule has 0 aliphatic heterocycles. The Balaban J connectivity index is 2.27. The fourth-order valence-corrected chi connectivity index (χ4v) is 1.97. The average Bonchev–Trinajstić information content (AvgIpc) is 2.64. The Labute approximate surface area is 117 Å². The second kappa shape index (κ2) is 5.12. The van der Waals surface area contributed by atoms with E-state index in [1.807, 2.05) is 13.8 Å². The summed E-state index contributed by atoms with van der Waals surface area (Å²) in [5.41, 5.74) is 1.99. The van der Waals surface area contributed by atoms with Crippen LogP contribution >= 0.6 is 27.5 Å². The van der Waals surface area contributed by atoms with Crippen molar-refractivity contribution < 1.29 is 9.32 Å². The predicted octanol–water partition coefficient (Wildman–Crippen LogP) is 3.96. The van der Waals surface area contributed by atoms with Crippen LogP contribution in [0.5, 0.6) is 0 Å². The van der Waals surface area contributed by atoms with Crippen LogP contribution in [-0.2, 0) is 0 Å². The maximum absolute atomic E-state index is 12.1. The fourth-order valence-electron chi connectivity index (χ4n) is 1.37. The van der Waals surface area contributed by atoms with Gasteiger partial charge in [0.15, 0.2) is 0 Å². The van der Waals surface area contributed by atoms with Crippen molar-refractivity contribution in [1.29, 1.82) is 0 Å². The van der Waals surface area contributed by atoms with Gasteiger partial charge in [-0.3, -0.25) is 10.1 Å². The lowest BCUT2D eigenvalue weighted by Crippen LogP contribution is -2.12. The third kappa shape index (κ3) is 2.57. The van der Waals surface area contributed by atoms with Gasteiger partial charge in [-0.2, -0.15) is 0 Å². The topological polar surface area (TPSA) is 55.1 Å². The van der Waals surface area contributed by atoms with E-state index in [1.54, 1.807) is 18.2 Å². The lowest BCUT2D eigenvalue weighted by Gasteiger charge is -2.05. The third-order valence-electron chi connectivity index (χ3n) is 2.56. The van der Waals surface area contributed by atoms with Crippen molar-refractivity contribution in [3.05, 3.63) is 44.5 Å². The molecule has 0 aliphatic carbocycles. The Kier molecular flexibility index (Phi) is 3.73. The van der Waals surface area contributed by atoms with E-state index in [0.29, 0.717) is 20.9 Å². The molecule has 18 heavy (non-hydrogen) atoms. The summed E-state index contributed by atoms with van der Waals surface area (Å²) in [5.74, 6) is 0.0491. The monoisotopic (exact) mass is 328 g/mol. The summed E-state index contributed by atoms with van der Waals surface area (Å²) in [6.07, 6.45) is 0. The van der Waals surface area contributed by atoms with Gasteiger partial charge in [-0.1, -0.05) is 16.8 Å². The van der Waals surface area contributed by atoms with Crippen LogP contribution < -0.4 is 5.32 Å². The van der Waals surface area contributed by atoms with Crippen LogP contribution in [0.2, 0.25) is 5.02 Å². The summed E-state index contributed by atoms with van der Waals surface area (Å²) < 4.78 is 5.69. The zero-order chi connectivity index (χ0) is 13.3. The number of anilines is 1. The van der Waals surface area contributed by atoms with Gasteiger partial charge in [-0.15, -0.1) is 0 Å². The number of aromatic nitrogens is 1. The highest BCUT2D eigenvalue weighted by atomic mass is 79.9. The molecular formula is C12H10BrClN2O2. The lowest BCUT2D eigenvalue weighted by molar-refractivity contribution is 0.102. The zero-order valence-corrected chi connectivity index (χ0v) is 12.1. The van der Waals surface area contributed by atoms with E-state index in [-0.39, 0.29) is 5.91 Å². The maximum Gasteiger partial charge on any atom is 0.259 e. The Morgan fingerprint density at radius 1 is 1.44 bits per heavy atom. The molecule has 0 aliphatic rings. The summed E-state index contributed by atoms with van der Waals surface area (Å²) >= 11 is 9.17. The Morgan fingerprint density at radius 3 is 2.78 bits per heavy atom. The molecular weight excluding hydrogens is 320 g/mol. The van der Waals surface area contributed by atoms with Crippen molar-refractivity contribution in [2.75, 3.05) is 5.32 Å². The second-order valence-corrected chi connectivity index (χ2v) is 5.09. The van der Waals surface area contributed by atoms with Gasteiger partial charge >= 0.3 is 0 Å². The zero-order valence-electron chi connectivity index (χ0n) is 9.75. The quantitative estimate of drug-likeness (QED) is 0.907. The van der Waals surface area contributed by atoms with Crippen molar-refractivity contribution in [3.8, 4) is 0 Å². The molecule has 4 nitrogen and oxygen atoms in total. The maximum atomic E-state index is 12.1. The molecule has 0 atom stereocenters. The number of aryl methyl sites for hydroxylation is 1. The van der Waals surface area contributed by atoms with Crippen LogP contribution in [0.1, 0.15) is 21.6 Å². The average molecular weight is 330 g/mol. The van der Waals surface area contributed by atoms with Crippen LogP contribution in [-0.4, -0.2) is 11.1 Å². The number of halogens is 2. The number of carbonyl (C=O) groups is 1. The lowest BCUT2D eigenvalue weighted by atomic mass is 10.2. The standard InChI is InChI=1S/C12H10BrClN2O2/c1-6-7(2)16-18-12(6)15-11(17)9-5-8(14)3-4-10(9)13/h3-5H,1-2H3,(H,15,17). The van der Waals surface area contributed by atoms with Gasteiger partial charge in [0.05, 0.1) is 11.3 Å². The summed E-state index contributed by atoms with van der Waals surface area (Å²) in [4.78, 5) is 12.1. The number of amides is 1. The summed E-state index contributed by atoms with van der Waals surface area (Å²) in [7, 11) is 0. The molecule has 2 aromatic rings. The molecule has 94 valence electrons. The van der Waals surface area contributed by atoms with Crippen LogP contribution in [0.4, 0.5) is 5.88 Å². The first kappa shape index (κ1) is 13.1.